The van der Waals surface area contributed by atoms with Crippen LogP contribution in [0.25, 0.3) is 5.69 Å². The third-order valence-electron chi connectivity index (χ3n) is 4.57. The minimum atomic E-state index is -1.51. The average molecular weight is 477 g/mol. The first-order valence-corrected chi connectivity index (χ1v) is 10.3. The summed E-state index contributed by atoms with van der Waals surface area (Å²) in [5.41, 5.74) is 5.20. The summed E-state index contributed by atoms with van der Waals surface area (Å²) >= 11 is 0. The molecule has 132 valence electrons. The second-order valence-corrected chi connectivity index (χ2v) is 11.8. The largest absolute Gasteiger partial charge is 1.00 e. The molecule has 2 aromatic rings. The fourth-order valence-electron chi connectivity index (χ4n) is 2.74. The second kappa shape index (κ2) is 8.55. The van der Waals surface area contributed by atoms with E-state index in [1.807, 2.05) is 0 Å². The fraction of sp³-hybridized carbons (Fsp3) is 0.500. The summed E-state index contributed by atoms with van der Waals surface area (Å²) in [6.45, 7) is 15.5. The molecule has 0 aliphatic carbocycles. The lowest BCUT2D eigenvalue weighted by Crippen LogP contribution is -3.00. The molecule has 1 aromatic carbocycles. The monoisotopic (exact) mass is 476 g/mol. The molecule has 0 aliphatic rings. The SMILES string of the molecule is [B][P+](C)(C[n+]1ccn(-c2c(C)cc(C)cc2C)c1)C(C)(C)C.[Cl-].[I-]. The van der Waals surface area contributed by atoms with E-state index in [-0.39, 0.29) is 41.5 Å². The van der Waals surface area contributed by atoms with Gasteiger partial charge in [0.25, 0.3) is 6.33 Å². The van der Waals surface area contributed by atoms with E-state index >= 15 is 0 Å². The van der Waals surface area contributed by atoms with E-state index in [2.05, 4.69) is 88.2 Å². The van der Waals surface area contributed by atoms with Crippen molar-refractivity contribution in [2.24, 2.45) is 0 Å². The normalized spacial score (nSPS) is 13.6. The van der Waals surface area contributed by atoms with Crippen molar-refractivity contribution < 1.29 is 41.0 Å². The van der Waals surface area contributed by atoms with Crippen LogP contribution in [-0.2, 0) is 6.29 Å². The van der Waals surface area contributed by atoms with Crippen LogP contribution < -0.4 is 41.0 Å². The molecule has 24 heavy (non-hydrogen) atoms. The first-order valence-electron chi connectivity index (χ1n) is 7.81. The van der Waals surface area contributed by atoms with E-state index in [1.54, 1.807) is 0 Å². The maximum Gasteiger partial charge on any atom is 0.369 e. The highest BCUT2D eigenvalue weighted by atomic mass is 127. The van der Waals surface area contributed by atoms with Gasteiger partial charge in [0, 0.05) is 13.8 Å². The molecule has 0 saturated carbocycles. The van der Waals surface area contributed by atoms with Gasteiger partial charge in [-0.15, -0.1) is 0 Å². The summed E-state index contributed by atoms with van der Waals surface area (Å²) in [5, 5.41) is 0.164. The summed E-state index contributed by atoms with van der Waals surface area (Å²) in [5.74, 6) is 0. The van der Waals surface area contributed by atoms with Crippen molar-refractivity contribution in [2.45, 2.75) is 53.0 Å². The Morgan fingerprint density at radius 1 is 1.12 bits per heavy atom. The molecule has 0 amide bonds. The standard InChI is InChI=1S/C18H28BN2P.ClH.HI/c1-14-10-15(2)17(16(3)11-14)21-9-8-20(12-21)13-22(7,19)18(4,5)6;;/h8-12H,13H2,1-7H3;2*1H/q+2;;/p-2. The smallest absolute Gasteiger partial charge is 0.369 e. The van der Waals surface area contributed by atoms with Crippen molar-refractivity contribution in [2.75, 3.05) is 6.66 Å². The third kappa shape index (κ3) is 5.22. The molecule has 1 unspecified atom stereocenters. The lowest BCUT2D eigenvalue weighted by Gasteiger charge is -2.30. The Labute approximate surface area is 172 Å². The molecule has 2 rings (SSSR count). The molecule has 0 fully saturated rings. The molecule has 6 heteroatoms. The maximum absolute atomic E-state index is 6.63. The van der Waals surface area contributed by atoms with Crippen LogP contribution in [0.3, 0.4) is 0 Å². The van der Waals surface area contributed by atoms with Crippen LogP contribution in [0.2, 0.25) is 0 Å². The Morgan fingerprint density at radius 2 is 1.62 bits per heavy atom. The molecule has 1 aromatic heterocycles. The molecule has 2 nitrogen and oxygen atoms in total. The Bertz CT molecular complexity index is 670. The van der Waals surface area contributed by atoms with Crippen molar-refractivity contribution in [1.82, 2.24) is 4.57 Å². The molecule has 1 heterocycles. The van der Waals surface area contributed by atoms with E-state index < -0.39 is 7.14 Å². The predicted octanol–water partition coefficient (Wildman–Crippen LogP) is -1.82. The van der Waals surface area contributed by atoms with Crippen LogP contribution in [0.4, 0.5) is 0 Å². The van der Waals surface area contributed by atoms with E-state index in [0.29, 0.717) is 0 Å². The first-order chi connectivity index (χ1) is 10.0. The van der Waals surface area contributed by atoms with Crippen LogP contribution in [0, 0.1) is 20.8 Å². The summed E-state index contributed by atoms with van der Waals surface area (Å²) in [6, 6.07) is 4.48. The summed E-state index contributed by atoms with van der Waals surface area (Å²) < 4.78 is 4.45. The van der Waals surface area contributed by atoms with Crippen LogP contribution >= 0.6 is 7.14 Å². The molecule has 2 radical (unpaired) electrons. The Hall–Kier alpha value is -0.0551. The van der Waals surface area contributed by atoms with Crippen LogP contribution in [0.5, 0.6) is 0 Å². The molecule has 0 N–H and O–H groups in total. The molecule has 0 spiro atoms. The molecular formula is C18H28BClIN2P. The minimum absolute atomic E-state index is 0. The average Bonchev–Trinajstić information content (AvgIpc) is 2.73. The zero-order chi connectivity index (χ0) is 16.7. The van der Waals surface area contributed by atoms with Gasteiger partial charge in [-0.1, -0.05) is 17.7 Å². The Morgan fingerprint density at radius 3 is 2.08 bits per heavy atom. The highest BCUT2D eigenvalue weighted by Gasteiger charge is 2.41. The van der Waals surface area contributed by atoms with Gasteiger partial charge in [0.1, 0.15) is 18.1 Å². The van der Waals surface area contributed by atoms with Crippen molar-refractivity contribution in [3.8, 4) is 5.69 Å². The molecule has 0 saturated heterocycles. The third-order valence-corrected chi connectivity index (χ3v) is 8.55. The molecule has 1 atom stereocenters. The van der Waals surface area contributed by atoms with E-state index in [1.165, 1.54) is 22.4 Å². The van der Waals surface area contributed by atoms with Crippen molar-refractivity contribution in [3.05, 3.63) is 47.5 Å². The van der Waals surface area contributed by atoms with Gasteiger partial charge in [0.05, 0.1) is 5.16 Å². The topological polar surface area (TPSA) is 8.81 Å². The Balaban J connectivity index is 0.00000264. The van der Waals surface area contributed by atoms with Crippen molar-refractivity contribution in [1.29, 1.82) is 0 Å². The van der Waals surface area contributed by atoms with Gasteiger partial charge >= 0.3 is 7.57 Å². The van der Waals surface area contributed by atoms with Crippen molar-refractivity contribution in [3.63, 3.8) is 0 Å². The molecular weight excluding hydrogens is 448 g/mol. The number of hydrogen-bond acceptors (Lipinski definition) is 0. The highest BCUT2D eigenvalue weighted by molar-refractivity contribution is 7.97. The number of nitrogens with zero attached hydrogens (tertiary/aromatic N) is 2. The highest BCUT2D eigenvalue weighted by Crippen LogP contribution is 2.61. The number of aryl methyl sites for hydroxylation is 3. The molecule has 0 aliphatic heterocycles. The number of rotatable bonds is 3. The maximum atomic E-state index is 6.63. The summed E-state index contributed by atoms with van der Waals surface area (Å²) in [4.78, 5) is 0. The quantitative estimate of drug-likeness (QED) is 0.214. The number of imidazole rings is 1. The van der Waals surface area contributed by atoms with Gasteiger partial charge in [-0.2, -0.15) is 0 Å². The van der Waals surface area contributed by atoms with Gasteiger partial charge < -0.3 is 36.4 Å². The zero-order valence-electron chi connectivity index (χ0n) is 15.8. The van der Waals surface area contributed by atoms with Crippen molar-refractivity contribution >= 4 is 14.7 Å². The lowest BCUT2D eigenvalue weighted by molar-refractivity contribution is -0.677. The second-order valence-electron chi connectivity index (χ2n) is 7.66. The van der Waals surface area contributed by atoms with Gasteiger partial charge in [0.15, 0.2) is 6.29 Å². The van der Waals surface area contributed by atoms with E-state index in [4.69, 9.17) is 7.57 Å². The minimum Gasteiger partial charge on any atom is -1.00 e. The van der Waals surface area contributed by atoms with Gasteiger partial charge in [-0.25, -0.2) is 9.13 Å². The number of benzene rings is 1. The van der Waals surface area contributed by atoms with Gasteiger partial charge in [-0.3, -0.25) is 0 Å². The predicted molar refractivity (Wildman–Crippen MR) is 98.5 cm³/mol. The van der Waals surface area contributed by atoms with Crippen LogP contribution in [-0.4, -0.2) is 24.0 Å². The Kier molecular flexibility index (Phi) is 8.53. The number of hydrogen-bond donors (Lipinski definition) is 0. The van der Waals surface area contributed by atoms with Gasteiger partial charge in [-0.05, 0) is 52.7 Å². The number of halogens is 2. The van der Waals surface area contributed by atoms with Gasteiger partial charge in [0.2, 0.25) is 0 Å². The zero-order valence-corrected chi connectivity index (χ0v) is 19.6. The lowest BCUT2D eigenvalue weighted by atomic mass is 10.1. The first kappa shape index (κ1) is 23.9. The van der Waals surface area contributed by atoms with E-state index in [9.17, 15) is 0 Å². The van der Waals surface area contributed by atoms with Crippen LogP contribution in [0.15, 0.2) is 30.9 Å². The summed E-state index contributed by atoms with van der Waals surface area (Å²) in [7, 11) is 5.13. The van der Waals surface area contributed by atoms with E-state index in [0.717, 1.165) is 6.29 Å². The summed E-state index contributed by atoms with van der Waals surface area (Å²) in [6.07, 6.45) is 7.35. The number of aromatic nitrogens is 2. The fourth-order valence-corrected chi connectivity index (χ4v) is 4.01. The van der Waals surface area contributed by atoms with Crippen LogP contribution in [0.1, 0.15) is 37.5 Å². The molecule has 0 bridgehead atoms.